The van der Waals surface area contributed by atoms with Crippen molar-refractivity contribution in [3.63, 3.8) is 0 Å². The Labute approximate surface area is 197 Å². The van der Waals surface area contributed by atoms with Gasteiger partial charge >= 0.3 is 0 Å². The maximum atomic E-state index is 13.1. The number of benzene rings is 2. The number of hydrogen-bond donors (Lipinski definition) is 0. The van der Waals surface area contributed by atoms with Gasteiger partial charge in [0.25, 0.3) is 5.91 Å². The highest BCUT2D eigenvalue weighted by molar-refractivity contribution is 9.10. The van der Waals surface area contributed by atoms with E-state index in [1.165, 1.54) is 39.9 Å². The Hall–Kier alpha value is -1.96. The molecule has 10 heteroatoms. The van der Waals surface area contributed by atoms with E-state index in [1.54, 1.807) is 4.57 Å². The number of amides is 1. The molecule has 1 aliphatic rings. The number of carbonyl (C=O) groups excluding carboxylic acids is 1. The number of thiazole rings is 1. The van der Waals surface area contributed by atoms with Crippen LogP contribution in [0.4, 0.5) is 0 Å². The van der Waals surface area contributed by atoms with E-state index in [9.17, 15) is 13.2 Å². The van der Waals surface area contributed by atoms with E-state index in [4.69, 9.17) is 18.0 Å². The molecular weight excluding hydrogens is 522 g/mol. The number of nitrogens with zero attached hydrogens (tertiary/aromatic N) is 3. The molecule has 1 unspecified atom stereocenters. The van der Waals surface area contributed by atoms with E-state index in [0.717, 1.165) is 14.7 Å². The summed E-state index contributed by atoms with van der Waals surface area (Å²) in [6.07, 6.45) is 6.52. The zero-order chi connectivity index (χ0) is 22.2. The molecule has 160 valence electrons. The first-order valence-corrected chi connectivity index (χ1v) is 12.8. The molecule has 1 aliphatic heterocycles. The van der Waals surface area contributed by atoms with Crippen molar-refractivity contribution >= 4 is 65.0 Å². The second kappa shape index (κ2) is 8.88. The predicted molar refractivity (Wildman–Crippen MR) is 125 cm³/mol. The van der Waals surface area contributed by atoms with Crippen LogP contribution in [-0.4, -0.2) is 35.8 Å². The number of rotatable bonds is 4. The Morgan fingerprint density at radius 2 is 2.03 bits per heavy atom. The Balaban J connectivity index is 1.72. The third-order valence-electron chi connectivity index (χ3n) is 5.01. The molecule has 1 amide bonds. The van der Waals surface area contributed by atoms with Gasteiger partial charge in [-0.05, 0) is 55.3 Å². The van der Waals surface area contributed by atoms with Crippen molar-refractivity contribution < 1.29 is 13.2 Å². The van der Waals surface area contributed by atoms with Crippen LogP contribution in [0.25, 0.3) is 10.2 Å². The van der Waals surface area contributed by atoms with Crippen LogP contribution in [0.3, 0.4) is 0 Å². The molecule has 0 N–H and O–H groups in total. The summed E-state index contributed by atoms with van der Waals surface area (Å²) in [7, 11) is -3.84. The van der Waals surface area contributed by atoms with Gasteiger partial charge in [0, 0.05) is 16.0 Å². The first kappa shape index (κ1) is 22.2. The van der Waals surface area contributed by atoms with Crippen LogP contribution in [0, 0.1) is 12.3 Å². The number of fused-ring (bicyclic) bond motifs is 1. The highest BCUT2D eigenvalue weighted by atomic mass is 79.9. The molecule has 1 atom stereocenters. The maximum absolute atomic E-state index is 13.1. The van der Waals surface area contributed by atoms with Gasteiger partial charge in [-0.3, -0.25) is 4.79 Å². The lowest BCUT2D eigenvalue weighted by Gasteiger charge is -2.21. The number of hydrogen-bond acceptors (Lipinski definition) is 4. The SMILES string of the molecule is C#CCn1c(=NC(=O)C2CCCN2S(=O)(=O)c2ccc(Cl)cc2)sc2cc(Br)ccc21. The van der Waals surface area contributed by atoms with Gasteiger partial charge in [-0.2, -0.15) is 9.30 Å². The zero-order valence-electron chi connectivity index (χ0n) is 16.2. The Morgan fingerprint density at radius 3 is 2.74 bits per heavy atom. The van der Waals surface area contributed by atoms with Crippen LogP contribution < -0.4 is 4.80 Å². The summed E-state index contributed by atoms with van der Waals surface area (Å²) in [6.45, 7) is 0.520. The van der Waals surface area contributed by atoms with Gasteiger partial charge in [-0.15, -0.1) is 6.42 Å². The second-order valence-corrected chi connectivity index (χ2v) is 11.2. The van der Waals surface area contributed by atoms with E-state index in [1.807, 2.05) is 18.2 Å². The summed E-state index contributed by atoms with van der Waals surface area (Å²) in [5.41, 5.74) is 0.870. The third kappa shape index (κ3) is 4.36. The van der Waals surface area contributed by atoms with Crippen molar-refractivity contribution in [1.29, 1.82) is 0 Å². The van der Waals surface area contributed by atoms with Crippen LogP contribution >= 0.6 is 38.9 Å². The molecule has 1 saturated heterocycles. The third-order valence-corrected chi connectivity index (χ3v) is 8.72. The molecule has 1 aromatic heterocycles. The van der Waals surface area contributed by atoms with E-state index >= 15 is 0 Å². The second-order valence-electron chi connectivity index (χ2n) is 6.96. The highest BCUT2D eigenvalue weighted by Gasteiger charge is 2.39. The van der Waals surface area contributed by atoms with Crippen molar-refractivity contribution in [3.8, 4) is 12.3 Å². The molecule has 2 heterocycles. The smallest absolute Gasteiger partial charge is 0.266 e. The standard InChI is InChI=1S/C21H17BrClN3O3S2/c1-2-11-25-17-10-5-14(22)13-19(17)30-21(25)24-20(27)18-4-3-12-26(18)31(28,29)16-8-6-15(23)7-9-16/h1,5-10,13,18H,3-4,11-12H2. The summed E-state index contributed by atoms with van der Waals surface area (Å²) in [6, 6.07) is 10.8. The lowest BCUT2D eigenvalue weighted by molar-refractivity contribution is -0.121. The van der Waals surface area contributed by atoms with Gasteiger partial charge in [0.05, 0.1) is 21.7 Å². The lowest BCUT2D eigenvalue weighted by Crippen LogP contribution is -2.40. The van der Waals surface area contributed by atoms with Gasteiger partial charge in [-0.25, -0.2) is 8.42 Å². The van der Waals surface area contributed by atoms with Crippen LogP contribution in [0.15, 0.2) is 56.8 Å². The van der Waals surface area contributed by atoms with Crippen molar-refractivity contribution in [2.75, 3.05) is 6.54 Å². The zero-order valence-corrected chi connectivity index (χ0v) is 20.1. The first-order chi connectivity index (χ1) is 14.8. The minimum absolute atomic E-state index is 0.103. The molecular formula is C21H17BrClN3O3S2. The molecule has 4 rings (SSSR count). The van der Waals surface area contributed by atoms with Gasteiger partial charge in [0.15, 0.2) is 4.80 Å². The molecule has 2 aromatic carbocycles. The number of sulfonamides is 1. The molecule has 0 aliphatic carbocycles. The van der Waals surface area contributed by atoms with Gasteiger partial charge in [0.1, 0.15) is 6.04 Å². The van der Waals surface area contributed by atoms with Gasteiger partial charge in [0.2, 0.25) is 10.0 Å². The average Bonchev–Trinajstić information content (AvgIpc) is 3.34. The molecule has 6 nitrogen and oxygen atoms in total. The minimum Gasteiger partial charge on any atom is -0.305 e. The normalized spacial score (nSPS) is 17.8. The van der Waals surface area contributed by atoms with E-state index in [0.29, 0.717) is 22.7 Å². The van der Waals surface area contributed by atoms with E-state index in [2.05, 4.69) is 26.8 Å². The molecule has 31 heavy (non-hydrogen) atoms. The summed E-state index contributed by atoms with van der Waals surface area (Å²) < 4.78 is 31.1. The number of carbonyl (C=O) groups is 1. The summed E-state index contributed by atoms with van der Waals surface area (Å²) in [5.74, 6) is 2.09. The quantitative estimate of drug-likeness (QED) is 0.471. The van der Waals surface area contributed by atoms with Crippen molar-refractivity contribution in [2.24, 2.45) is 4.99 Å². The van der Waals surface area contributed by atoms with Crippen LogP contribution in [0.1, 0.15) is 12.8 Å². The maximum Gasteiger partial charge on any atom is 0.266 e. The highest BCUT2D eigenvalue weighted by Crippen LogP contribution is 2.28. The fourth-order valence-corrected chi connectivity index (χ4v) is 6.93. The first-order valence-electron chi connectivity index (χ1n) is 9.39. The average molecular weight is 539 g/mol. The molecule has 3 aromatic rings. The monoisotopic (exact) mass is 537 g/mol. The largest absolute Gasteiger partial charge is 0.305 e. The topological polar surface area (TPSA) is 71.7 Å². The summed E-state index contributed by atoms with van der Waals surface area (Å²) >= 11 is 10.7. The fourth-order valence-electron chi connectivity index (χ4n) is 3.56. The van der Waals surface area contributed by atoms with Gasteiger partial charge < -0.3 is 4.57 Å². The molecule has 0 spiro atoms. The molecule has 0 saturated carbocycles. The van der Waals surface area contributed by atoms with Crippen molar-refractivity contribution in [2.45, 2.75) is 30.3 Å². The molecule has 0 bridgehead atoms. The number of terminal acetylenes is 1. The van der Waals surface area contributed by atoms with Crippen LogP contribution in [-0.2, 0) is 21.4 Å². The molecule has 1 fully saturated rings. The van der Waals surface area contributed by atoms with Crippen molar-refractivity contribution in [1.82, 2.24) is 8.87 Å². The molecule has 0 radical (unpaired) electrons. The lowest BCUT2D eigenvalue weighted by atomic mass is 10.2. The fraction of sp³-hybridized carbons (Fsp3) is 0.238. The Bertz CT molecular complexity index is 1370. The minimum atomic E-state index is -3.84. The summed E-state index contributed by atoms with van der Waals surface area (Å²) in [5, 5.41) is 0.442. The van der Waals surface area contributed by atoms with E-state index < -0.39 is 22.0 Å². The Kier molecular flexibility index (Phi) is 6.37. The number of aromatic nitrogens is 1. The van der Waals surface area contributed by atoms with Gasteiger partial charge in [-0.1, -0.05) is 44.8 Å². The van der Waals surface area contributed by atoms with Crippen LogP contribution in [0.2, 0.25) is 5.02 Å². The van der Waals surface area contributed by atoms with Crippen LogP contribution in [0.5, 0.6) is 0 Å². The Morgan fingerprint density at radius 1 is 1.29 bits per heavy atom. The van der Waals surface area contributed by atoms with E-state index in [-0.39, 0.29) is 18.0 Å². The van der Waals surface area contributed by atoms with Crippen molar-refractivity contribution in [3.05, 3.63) is 56.8 Å². The number of halogens is 2. The summed E-state index contributed by atoms with van der Waals surface area (Å²) in [4.78, 5) is 18.0. The predicted octanol–water partition coefficient (Wildman–Crippen LogP) is 4.03.